The van der Waals surface area contributed by atoms with Gasteiger partial charge in [0, 0.05) is 19.8 Å². The van der Waals surface area contributed by atoms with E-state index in [4.69, 9.17) is 23.2 Å². The van der Waals surface area contributed by atoms with Gasteiger partial charge in [-0.1, -0.05) is 42.5 Å². The summed E-state index contributed by atoms with van der Waals surface area (Å²) in [7, 11) is 1.82. The van der Waals surface area contributed by atoms with Gasteiger partial charge < -0.3 is 4.90 Å². The van der Waals surface area contributed by atoms with Gasteiger partial charge in [-0.15, -0.1) is 0 Å². The lowest BCUT2D eigenvalue weighted by Crippen LogP contribution is -2.32. The molecule has 1 heterocycles. The Kier molecular flexibility index (Phi) is 5.06. The molecular formula is C14H18Cl2N2O. The zero-order chi connectivity index (χ0) is 13.8. The van der Waals surface area contributed by atoms with Crippen LogP contribution in [0.2, 0.25) is 10.2 Å². The Morgan fingerprint density at radius 2 is 2.05 bits per heavy atom. The third kappa shape index (κ3) is 3.83. The number of hydrogen-bond acceptors (Lipinski definition) is 2. The van der Waals surface area contributed by atoms with Crippen molar-refractivity contribution in [2.24, 2.45) is 5.92 Å². The van der Waals surface area contributed by atoms with Crippen LogP contribution in [0.25, 0.3) is 0 Å². The van der Waals surface area contributed by atoms with Crippen LogP contribution in [-0.4, -0.2) is 29.4 Å². The molecule has 3 nitrogen and oxygen atoms in total. The van der Waals surface area contributed by atoms with Crippen molar-refractivity contribution in [1.82, 2.24) is 9.88 Å². The molecule has 0 unspecified atom stereocenters. The van der Waals surface area contributed by atoms with Crippen molar-refractivity contribution in [3.63, 3.8) is 0 Å². The first kappa shape index (κ1) is 14.6. The van der Waals surface area contributed by atoms with E-state index in [-0.39, 0.29) is 5.91 Å². The number of nitrogens with zero attached hydrogens (tertiary/aromatic N) is 2. The Balaban J connectivity index is 2.03. The summed E-state index contributed by atoms with van der Waals surface area (Å²) in [5.74, 6) is 0.527. The van der Waals surface area contributed by atoms with Crippen LogP contribution in [0.15, 0.2) is 12.3 Å². The molecular weight excluding hydrogens is 283 g/mol. The standard InChI is InChI=1S/C14H18Cl2N2O/c1-18(9-10-5-3-2-4-6-10)14(19)11-7-13(16)17-8-12(11)15/h7-8,10H,2-6,9H2,1H3. The van der Waals surface area contributed by atoms with Gasteiger partial charge in [-0.2, -0.15) is 0 Å². The number of halogens is 2. The maximum absolute atomic E-state index is 12.3. The molecule has 0 radical (unpaired) electrons. The monoisotopic (exact) mass is 300 g/mol. The molecule has 0 bridgehead atoms. The van der Waals surface area contributed by atoms with Crippen molar-refractivity contribution in [2.75, 3.05) is 13.6 Å². The van der Waals surface area contributed by atoms with Crippen LogP contribution in [0.4, 0.5) is 0 Å². The van der Waals surface area contributed by atoms with E-state index in [1.54, 1.807) is 4.90 Å². The van der Waals surface area contributed by atoms with Gasteiger partial charge >= 0.3 is 0 Å². The molecule has 1 aromatic heterocycles. The minimum Gasteiger partial charge on any atom is -0.341 e. The fourth-order valence-corrected chi connectivity index (χ4v) is 2.96. The van der Waals surface area contributed by atoms with E-state index in [1.165, 1.54) is 44.4 Å². The first-order chi connectivity index (χ1) is 9.08. The molecule has 0 spiro atoms. The lowest BCUT2D eigenvalue weighted by atomic mass is 9.89. The smallest absolute Gasteiger partial charge is 0.255 e. The van der Waals surface area contributed by atoms with E-state index in [1.807, 2.05) is 7.05 Å². The summed E-state index contributed by atoms with van der Waals surface area (Å²) in [5.41, 5.74) is 0.431. The van der Waals surface area contributed by atoms with Gasteiger partial charge in [0.1, 0.15) is 5.15 Å². The van der Waals surface area contributed by atoms with Crippen LogP contribution >= 0.6 is 23.2 Å². The molecule has 0 aromatic carbocycles. The maximum atomic E-state index is 12.3. The van der Waals surface area contributed by atoms with Gasteiger partial charge in [0.05, 0.1) is 10.6 Å². The highest BCUT2D eigenvalue weighted by molar-refractivity contribution is 6.35. The molecule has 1 saturated carbocycles. The van der Waals surface area contributed by atoms with E-state index < -0.39 is 0 Å². The van der Waals surface area contributed by atoms with Crippen molar-refractivity contribution < 1.29 is 4.79 Å². The van der Waals surface area contributed by atoms with E-state index in [0.29, 0.717) is 21.7 Å². The molecule has 1 fully saturated rings. The van der Waals surface area contributed by atoms with E-state index in [0.717, 1.165) is 6.54 Å². The predicted octanol–water partition coefficient (Wildman–Crippen LogP) is 4.04. The van der Waals surface area contributed by atoms with Crippen molar-refractivity contribution in [2.45, 2.75) is 32.1 Å². The van der Waals surface area contributed by atoms with Crippen molar-refractivity contribution >= 4 is 29.1 Å². The van der Waals surface area contributed by atoms with Gasteiger partial charge in [-0.3, -0.25) is 4.79 Å². The molecule has 1 aliphatic carbocycles. The average molecular weight is 301 g/mol. The molecule has 0 N–H and O–H groups in total. The molecule has 1 amide bonds. The van der Waals surface area contributed by atoms with E-state index in [2.05, 4.69) is 4.98 Å². The van der Waals surface area contributed by atoms with Crippen LogP contribution in [0.1, 0.15) is 42.5 Å². The van der Waals surface area contributed by atoms with E-state index >= 15 is 0 Å². The van der Waals surface area contributed by atoms with E-state index in [9.17, 15) is 4.79 Å². The Labute approximate surface area is 123 Å². The second-order valence-corrected chi connectivity index (χ2v) is 5.97. The largest absolute Gasteiger partial charge is 0.341 e. The molecule has 0 aliphatic heterocycles. The molecule has 19 heavy (non-hydrogen) atoms. The summed E-state index contributed by atoms with van der Waals surface area (Å²) in [6, 6.07) is 1.53. The number of amides is 1. The molecule has 104 valence electrons. The fraction of sp³-hybridized carbons (Fsp3) is 0.571. The van der Waals surface area contributed by atoms with Gasteiger partial charge in [-0.05, 0) is 24.8 Å². The topological polar surface area (TPSA) is 33.2 Å². The Bertz CT molecular complexity index is 459. The van der Waals surface area contributed by atoms with Crippen molar-refractivity contribution in [3.05, 3.63) is 28.0 Å². The second-order valence-electron chi connectivity index (χ2n) is 5.18. The summed E-state index contributed by atoms with van der Waals surface area (Å²) in [6.45, 7) is 0.787. The Morgan fingerprint density at radius 3 is 2.74 bits per heavy atom. The molecule has 5 heteroatoms. The molecule has 1 aromatic rings. The SMILES string of the molecule is CN(CC1CCCCC1)C(=O)c1cc(Cl)ncc1Cl. The minimum absolute atomic E-state index is 0.0835. The normalized spacial score (nSPS) is 16.4. The van der Waals surface area contributed by atoms with Crippen LogP contribution in [0.5, 0.6) is 0 Å². The summed E-state index contributed by atoms with van der Waals surface area (Å²) in [4.78, 5) is 17.9. The predicted molar refractivity (Wildman–Crippen MR) is 77.8 cm³/mol. The number of aromatic nitrogens is 1. The van der Waals surface area contributed by atoms with Gasteiger partial charge in [0.25, 0.3) is 5.91 Å². The summed E-state index contributed by atoms with van der Waals surface area (Å²) in [6.07, 6.45) is 7.71. The third-order valence-corrected chi connectivity index (χ3v) is 4.16. The van der Waals surface area contributed by atoms with Crippen LogP contribution in [0.3, 0.4) is 0 Å². The Hall–Kier alpha value is -0.800. The van der Waals surface area contributed by atoms with Gasteiger partial charge in [-0.25, -0.2) is 4.98 Å². The Morgan fingerprint density at radius 1 is 1.37 bits per heavy atom. The molecule has 0 atom stereocenters. The number of hydrogen-bond donors (Lipinski definition) is 0. The fourth-order valence-electron chi connectivity index (χ4n) is 2.62. The van der Waals surface area contributed by atoms with Crippen LogP contribution < -0.4 is 0 Å². The first-order valence-electron chi connectivity index (χ1n) is 6.64. The number of rotatable bonds is 3. The lowest BCUT2D eigenvalue weighted by Gasteiger charge is -2.27. The zero-order valence-corrected chi connectivity index (χ0v) is 12.5. The zero-order valence-electron chi connectivity index (χ0n) is 11.0. The molecule has 2 rings (SSSR count). The number of pyridine rings is 1. The minimum atomic E-state index is -0.0835. The molecule has 1 aliphatic rings. The highest BCUT2D eigenvalue weighted by atomic mass is 35.5. The number of carbonyl (C=O) groups is 1. The number of carbonyl (C=O) groups excluding carboxylic acids is 1. The third-order valence-electron chi connectivity index (χ3n) is 3.66. The first-order valence-corrected chi connectivity index (χ1v) is 7.40. The van der Waals surface area contributed by atoms with Crippen LogP contribution in [-0.2, 0) is 0 Å². The highest BCUT2D eigenvalue weighted by Crippen LogP contribution is 2.25. The second kappa shape index (κ2) is 6.58. The summed E-state index contributed by atoms with van der Waals surface area (Å²) >= 11 is 11.8. The maximum Gasteiger partial charge on any atom is 0.255 e. The van der Waals surface area contributed by atoms with Crippen molar-refractivity contribution in [1.29, 1.82) is 0 Å². The highest BCUT2D eigenvalue weighted by Gasteiger charge is 2.21. The van der Waals surface area contributed by atoms with Crippen LogP contribution in [0, 0.1) is 5.92 Å². The van der Waals surface area contributed by atoms with Gasteiger partial charge in [0.2, 0.25) is 0 Å². The lowest BCUT2D eigenvalue weighted by molar-refractivity contribution is 0.0760. The quantitative estimate of drug-likeness (QED) is 0.789. The average Bonchev–Trinajstić information content (AvgIpc) is 2.42. The van der Waals surface area contributed by atoms with Crippen molar-refractivity contribution in [3.8, 4) is 0 Å². The molecule has 0 saturated heterocycles. The van der Waals surface area contributed by atoms with Gasteiger partial charge in [0.15, 0.2) is 0 Å². The summed E-state index contributed by atoms with van der Waals surface area (Å²) in [5, 5.41) is 0.642. The summed E-state index contributed by atoms with van der Waals surface area (Å²) < 4.78 is 0.